The molecule has 3 heterocycles. The Balaban J connectivity index is 1.15. The van der Waals surface area contributed by atoms with Crippen LogP contribution < -0.4 is 9.47 Å². The van der Waals surface area contributed by atoms with Gasteiger partial charge < -0.3 is 33.5 Å². The monoisotopic (exact) mass is 615 g/mol. The van der Waals surface area contributed by atoms with E-state index < -0.39 is 6.09 Å². The molecule has 0 radical (unpaired) electrons. The maximum atomic E-state index is 11.9. The molecule has 1 N–H and O–H groups in total. The molecule has 228 valence electrons. The van der Waals surface area contributed by atoms with Crippen molar-refractivity contribution >= 4 is 28.2 Å². The van der Waals surface area contributed by atoms with Gasteiger partial charge in [0.1, 0.15) is 18.1 Å². The van der Waals surface area contributed by atoms with Gasteiger partial charge in [-0.1, -0.05) is 59.8 Å². The minimum atomic E-state index is -0.946. The van der Waals surface area contributed by atoms with Crippen LogP contribution in [-0.4, -0.2) is 65.8 Å². The van der Waals surface area contributed by atoms with Crippen LogP contribution in [0, 0.1) is 0 Å². The van der Waals surface area contributed by atoms with Gasteiger partial charge in [-0.2, -0.15) is 4.98 Å². The number of piperidine rings is 1. The summed E-state index contributed by atoms with van der Waals surface area (Å²) in [5, 5.41) is 17.8. The zero-order valence-electron chi connectivity index (χ0n) is 24.3. The van der Waals surface area contributed by atoms with Crippen molar-refractivity contribution in [3.63, 3.8) is 0 Å². The molecule has 1 aliphatic rings. The first kappa shape index (κ1) is 29.6. The molecule has 1 amide bonds. The molecule has 0 bridgehead atoms. The number of fused-ring (bicyclic) bond motifs is 1. The summed E-state index contributed by atoms with van der Waals surface area (Å²) in [6.07, 6.45) is -0.656. The fourth-order valence-corrected chi connectivity index (χ4v) is 6.06. The summed E-state index contributed by atoms with van der Waals surface area (Å²) in [6, 6.07) is 23.8. The van der Waals surface area contributed by atoms with Crippen LogP contribution in [0.1, 0.15) is 29.4 Å². The van der Waals surface area contributed by atoms with Crippen LogP contribution in [0.15, 0.2) is 82.7 Å². The van der Waals surface area contributed by atoms with Crippen molar-refractivity contribution in [1.29, 1.82) is 0 Å². The highest BCUT2D eigenvalue weighted by molar-refractivity contribution is 7.13. The van der Waals surface area contributed by atoms with Crippen LogP contribution in [0.5, 0.6) is 11.5 Å². The summed E-state index contributed by atoms with van der Waals surface area (Å²) >= 11 is 1.55. The summed E-state index contributed by atoms with van der Waals surface area (Å²) < 4.78 is 29.1. The predicted molar refractivity (Wildman–Crippen MR) is 165 cm³/mol. The number of ether oxygens (including phenoxy) is 4. The molecule has 1 saturated heterocycles. The van der Waals surface area contributed by atoms with Gasteiger partial charge in [0.25, 0.3) is 5.89 Å². The van der Waals surface area contributed by atoms with E-state index in [2.05, 4.69) is 16.2 Å². The first-order valence-electron chi connectivity index (χ1n) is 14.4. The molecule has 0 saturated carbocycles. The number of nitrogens with zero attached hydrogens (tertiary/aromatic N) is 3. The van der Waals surface area contributed by atoms with Gasteiger partial charge >= 0.3 is 6.09 Å². The molecular formula is C33H33N3O7S. The molecule has 44 heavy (non-hydrogen) atoms. The molecule has 1 aliphatic heterocycles. The van der Waals surface area contributed by atoms with E-state index >= 15 is 0 Å². The van der Waals surface area contributed by atoms with Crippen molar-refractivity contribution < 1.29 is 33.4 Å². The molecule has 2 aromatic heterocycles. The number of methoxy groups -OCH3 is 1. The summed E-state index contributed by atoms with van der Waals surface area (Å²) in [4.78, 5) is 18.6. The number of carboxylic acid groups (broad SMARTS) is 1. The number of benzene rings is 3. The molecule has 2 atom stereocenters. The third-order valence-corrected chi connectivity index (χ3v) is 8.52. The van der Waals surface area contributed by atoms with E-state index in [-0.39, 0.29) is 31.8 Å². The molecule has 11 heteroatoms. The summed E-state index contributed by atoms with van der Waals surface area (Å²) in [5.74, 6) is 2.37. The van der Waals surface area contributed by atoms with Gasteiger partial charge in [0.05, 0.1) is 30.7 Å². The van der Waals surface area contributed by atoms with Crippen LogP contribution in [-0.2, 0) is 22.7 Å². The molecule has 0 spiro atoms. The molecule has 6 rings (SSSR count). The van der Waals surface area contributed by atoms with Crippen LogP contribution in [0.3, 0.4) is 0 Å². The van der Waals surface area contributed by atoms with Crippen molar-refractivity contribution in [1.82, 2.24) is 15.0 Å². The van der Waals surface area contributed by atoms with E-state index in [1.807, 2.05) is 72.1 Å². The lowest BCUT2D eigenvalue weighted by atomic mass is 9.87. The number of amides is 1. The minimum absolute atomic E-state index is 0.00209. The molecule has 3 aromatic carbocycles. The Morgan fingerprint density at radius 1 is 1.02 bits per heavy atom. The van der Waals surface area contributed by atoms with Gasteiger partial charge in [-0.05, 0) is 40.9 Å². The fraction of sp³-hybridized carbons (Fsp3) is 0.303. The summed E-state index contributed by atoms with van der Waals surface area (Å²) in [6.45, 7) is 2.01. The van der Waals surface area contributed by atoms with Crippen LogP contribution in [0.4, 0.5) is 4.79 Å². The third kappa shape index (κ3) is 6.85. The highest BCUT2D eigenvalue weighted by atomic mass is 32.1. The number of rotatable bonds is 12. The van der Waals surface area contributed by atoms with Crippen molar-refractivity contribution in [2.75, 3.05) is 33.4 Å². The van der Waals surface area contributed by atoms with Crippen LogP contribution in [0.25, 0.3) is 21.5 Å². The molecular weight excluding hydrogens is 582 g/mol. The maximum Gasteiger partial charge on any atom is 0.407 e. The first-order valence-corrected chi connectivity index (χ1v) is 15.3. The van der Waals surface area contributed by atoms with E-state index in [0.29, 0.717) is 43.6 Å². The second kappa shape index (κ2) is 13.9. The Morgan fingerprint density at radius 3 is 2.68 bits per heavy atom. The average Bonchev–Trinajstić information content (AvgIpc) is 3.76. The summed E-state index contributed by atoms with van der Waals surface area (Å²) in [5.41, 5.74) is 1.96. The van der Waals surface area contributed by atoms with Gasteiger partial charge in [-0.3, -0.25) is 0 Å². The Kier molecular flexibility index (Phi) is 9.35. The molecule has 2 unspecified atom stereocenters. The van der Waals surface area contributed by atoms with Gasteiger partial charge in [-0.15, -0.1) is 11.3 Å². The largest absolute Gasteiger partial charge is 0.490 e. The van der Waals surface area contributed by atoms with E-state index in [4.69, 9.17) is 23.5 Å². The van der Waals surface area contributed by atoms with Crippen molar-refractivity contribution in [3.05, 3.63) is 95.2 Å². The lowest BCUT2D eigenvalue weighted by Gasteiger charge is -2.37. The Labute approximate surface area is 258 Å². The van der Waals surface area contributed by atoms with Crippen molar-refractivity contribution in [2.45, 2.75) is 31.7 Å². The normalized spacial score (nSPS) is 16.7. The van der Waals surface area contributed by atoms with Crippen LogP contribution in [0.2, 0.25) is 0 Å². The summed E-state index contributed by atoms with van der Waals surface area (Å²) in [7, 11) is 1.64. The topological polar surface area (TPSA) is 116 Å². The van der Waals surface area contributed by atoms with Crippen LogP contribution >= 0.6 is 11.3 Å². The quantitative estimate of drug-likeness (QED) is 0.155. The standard InChI is InChI=1S/C33H33N3O7S/c1-39-16-17-40-31-24(9-8-22-5-2-3-6-27(22)31)20-42-28-19-36(33(37)38)15-14-26(28)23-10-12-25(13-11-23)41-21-30-34-32(35-43-30)29-7-4-18-44-29/h2-13,18,26,28H,14-17,19-21H2,1H3,(H,37,38). The zero-order valence-corrected chi connectivity index (χ0v) is 25.1. The van der Waals surface area contributed by atoms with Gasteiger partial charge in [0, 0.05) is 30.5 Å². The number of hydrogen-bond acceptors (Lipinski definition) is 9. The van der Waals surface area contributed by atoms with Gasteiger partial charge in [-0.25, -0.2) is 4.79 Å². The predicted octanol–water partition coefficient (Wildman–Crippen LogP) is 6.61. The highest BCUT2D eigenvalue weighted by Gasteiger charge is 2.33. The fourth-order valence-electron chi connectivity index (χ4n) is 5.41. The zero-order chi connectivity index (χ0) is 30.3. The number of carbonyl (C=O) groups is 1. The maximum absolute atomic E-state index is 11.9. The molecule has 0 aliphatic carbocycles. The van der Waals surface area contributed by atoms with Crippen molar-refractivity contribution in [3.8, 4) is 22.2 Å². The average molecular weight is 616 g/mol. The molecule has 10 nitrogen and oxygen atoms in total. The lowest BCUT2D eigenvalue weighted by molar-refractivity contribution is -0.0206. The smallest absolute Gasteiger partial charge is 0.407 e. The van der Waals surface area contributed by atoms with E-state index in [9.17, 15) is 9.90 Å². The number of likely N-dealkylation sites (tertiary alicyclic amines) is 1. The lowest BCUT2D eigenvalue weighted by Crippen LogP contribution is -2.46. The van der Waals surface area contributed by atoms with Crippen molar-refractivity contribution in [2.24, 2.45) is 0 Å². The second-order valence-electron chi connectivity index (χ2n) is 10.4. The second-order valence-corrected chi connectivity index (χ2v) is 11.4. The first-order chi connectivity index (χ1) is 21.6. The van der Waals surface area contributed by atoms with E-state index in [0.717, 1.165) is 32.5 Å². The van der Waals surface area contributed by atoms with E-state index in [1.165, 1.54) is 4.90 Å². The Morgan fingerprint density at radius 2 is 1.89 bits per heavy atom. The SMILES string of the molecule is COCCOc1c(COC2CN(C(=O)O)CCC2c2ccc(OCc3nc(-c4cccs4)no3)cc2)ccc2ccccc12. The number of hydrogen-bond donors (Lipinski definition) is 1. The molecule has 1 fully saturated rings. The highest BCUT2D eigenvalue weighted by Crippen LogP contribution is 2.35. The molecule has 5 aromatic rings. The Bertz CT molecular complexity index is 1670. The third-order valence-electron chi connectivity index (χ3n) is 7.66. The van der Waals surface area contributed by atoms with Gasteiger partial charge in [0.15, 0.2) is 6.61 Å². The Hall–Kier alpha value is -4.45. The van der Waals surface area contributed by atoms with E-state index in [1.54, 1.807) is 18.4 Å². The number of thiophene rings is 1. The minimum Gasteiger partial charge on any atom is -0.490 e. The number of aromatic nitrogens is 2. The van der Waals surface area contributed by atoms with Gasteiger partial charge in [0.2, 0.25) is 5.82 Å².